The molecule has 0 aliphatic carbocycles. The summed E-state index contributed by atoms with van der Waals surface area (Å²) in [5.41, 5.74) is 0.234. The molecule has 0 spiro atoms. The van der Waals surface area contributed by atoms with Crippen LogP contribution in [0.25, 0.3) is 11.2 Å². The van der Waals surface area contributed by atoms with Crippen LogP contribution in [0, 0.1) is 0 Å². The molecular weight excluding hydrogens is 358 g/mol. The number of hydrogen-bond donors (Lipinski definition) is 5. The van der Waals surface area contributed by atoms with Gasteiger partial charge in [0.25, 0.3) is 0 Å². The van der Waals surface area contributed by atoms with E-state index >= 15 is 0 Å². The Balaban J connectivity index is 0.00000208. The van der Waals surface area contributed by atoms with Crippen LogP contribution in [-0.2, 0) is 13.8 Å². The number of fused-ring (bicyclic) bond motifs is 1. The molecule has 0 bridgehead atoms. The normalized spacial score (nSPS) is 27.3. The zero-order chi connectivity index (χ0) is 16.8. The number of ether oxygens (including phenoxy) is 1. The van der Waals surface area contributed by atoms with E-state index in [4.69, 9.17) is 14.5 Å². The van der Waals surface area contributed by atoms with Crippen LogP contribution in [0.15, 0.2) is 12.7 Å². The first-order chi connectivity index (χ1) is 10.8. The SMILES string of the molecule is O=P(O)(O)OC[C@H]1O[C@@H](n2cnc3c(O)ncnc32)[C@H](O)[C@@H]1O.[Na]. The first-order valence-corrected chi connectivity index (χ1v) is 7.89. The predicted octanol–water partition coefficient (Wildman–Crippen LogP) is -2.12. The van der Waals surface area contributed by atoms with Gasteiger partial charge in [-0.3, -0.25) is 9.09 Å². The molecule has 24 heavy (non-hydrogen) atoms. The second-order valence-corrected chi connectivity index (χ2v) is 6.09. The van der Waals surface area contributed by atoms with E-state index < -0.39 is 39.0 Å². The number of nitrogens with zero attached hydrogens (tertiary/aromatic N) is 4. The van der Waals surface area contributed by atoms with Crippen molar-refractivity contribution in [1.82, 2.24) is 19.5 Å². The van der Waals surface area contributed by atoms with Crippen molar-refractivity contribution in [2.75, 3.05) is 6.61 Å². The van der Waals surface area contributed by atoms with Gasteiger partial charge in [0.15, 0.2) is 17.4 Å². The zero-order valence-electron chi connectivity index (χ0n) is 12.4. The van der Waals surface area contributed by atoms with E-state index in [1.54, 1.807) is 0 Å². The summed E-state index contributed by atoms with van der Waals surface area (Å²) in [6.07, 6.45) is -2.85. The van der Waals surface area contributed by atoms with Crippen LogP contribution in [0.3, 0.4) is 0 Å². The van der Waals surface area contributed by atoms with Crippen LogP contribution in [-0.4, -0.2) is 99.1 Å². The molecule has 1 radical (unpaired) electrons. The Kier molecular flexibility index (Phi) is 5.98. The largest absolute Gasteiger partial charge is 0.492 e. The molecule has 3 rings (SSSR count). The number of rotatable bonds is 4. The Morgan fingerprint density at radius 3 is 2.62 bits per heavy atom. The van der Waals surface area contributed by atoms with Gasteiger partial charge in [-0.2, -0.15) is 4.98 Å². The van der Waals surface area contributed by atoms with Gasteiger partial charge in [0.05, 0.1) is 12.9 Å². The van der Waals surface area contributed by atoms with Crippen LogP contribution < -0.4 is 0 Å². The van der Waals surface area contributed by atoms with Crippen LogP contribution in [0.5, 0.6) is 5.88 Å². The van der Waals surface area contributed by atoms with Gasteiger partial charge >= 0.3 is 7.82 Å². The van der Waals surface area contributed by atoms with Crippen molar-refractivity contribution in [3.05, 3.63) is 12.7 Å². The van der Waals surface area contributed by atoms with Gasteiger partial charge in [-0.1, -0.05) is 0 Å². The molecule has 2 aromatic heterocycles. The summed E-state index contributed by atoms with van der Waals surface area (Å²) in [7, 11) is -4.74. The first-order valence-electron chi connectivity index (χ1n) is 6.36. The molecule has 1 aliphatic heterocycles. The summed E-state index contributed by atoms with van der Waals surface area (Å²) in [5, 5.41) is 29.6. The van der Waals surface area contributed by atoms with Crippen LogP contribution in [0.1, 0.15) is 6.23 Å². The molecule has 1 aliphatic rings. The molecule has 1 saturated heterocycles. The van der Waals surface area contributed by atoms with Crippen molar-refractivity contribution in [2.45, 2.75) is 24.5 Å². The van der Waals surface area contributed by atoms with Crippen molar-refractivity contribution in [2.24, 2.45) is 0 Å². The van der Waals surface area contributed by atoms with Crippen LogP contribution >= 0.6 is 7.82 Å². The van der Waals surface area contributed by atoms with Crippen LogP contribution in [0.4, 0.5) is 0 Å². The third-order valence-electron chi connectivity index (χ3n) is 3.36. The van der Waals surface area contributed by atoms with Crippen molar-refractivity contribution >= 4 is 48.5 Å². The number of phosphoric acid groups is 1. The quantitative estimate of drug-likeness (QED) is 0.293. The number of aliphatic hydroxyl groups is 2. The van der Waals surface area contributed by atoms with Gasteiger partial charge in [-0.15, -0.1) is 0 Å². The summed E-state index contributed by atoms with van der Waals surface area (Å²) in [4.78, 5) is 28.7. The molecule has 0 saturated carbocycles. The van der Waals surface area contributed by atoms with E-state index in [2.05, 4.69) is 19.5 Å². The summed E-state index contributed by atoms with van der Waals surface area (Å²) >= 11 is 0. The van der Waals surface area contributed by atoms with E-state index in [0.717, 1.165) is 6.33 Å². The Hall–Kier alpha value is -0.660. The molecule has 1 fully saturated rings. The minimum atomic E-state index is -4.74. The summed E-state index contributed by atoms with van der Waals surface area (Å²) in [5.74, 6) is -0.358. The molecule has 12 nitrogen and oxygen atoms in total. The number of aromatic hydroxyl groups is 1. The number of phosphoric ester groups is 1. The monoisotopic (exact) mass is 371 g/mol. The molecular formula is C10H13N4NaO8P. The minimum Gasteiger partial charge on any atom is -0.492 e. The molecule has 0 amide bonds. The van der Waals surface area contributed by atoms with Gasteiger partial charge in [-0.25, -0.2) is 14.5 Å². The van der Waals surface area contributed by atoms with Gasteiger partial charge in [0.2, 0.25) is 5.88 Å². The number of aliphatic hydroxyl groups excluding tert-OH is 2. The minimum absolute atomic E-state index is 0. The Morgan fingerprint density at radius 2 is 1.96 bits per heavy atom. The molecule has 14 heteroatoms. The van der Waals surface area contributed by atoms with Crippen molar-refractivity contribution in [3.8, 4) is 5.88 Å². The fourth-order valence-electron chi connectivity index (χ4n) is 2.29. The maximum Gasteiger partial charge on any atom is 0.469 e. The number of imidazole rings is 1. The number of hydrogen-bond acceptors (Lipinski definition) is 9. The Bertz CT molecular complexity index is 768. The predicted molar refractivity (Wildman–Crippen MR) is 76.7 cm³/mol. The van der Waals surface area contributed by atoms with Gasteiger partial charge in [-0.05, 0) is 0 Å². The van der Waals surface area contributed by atoms with E-state index in [1.807, 2.05) is 0 Å². The zero-order valence-corrected chi connectivity index (χ0v) is 15.3. The van der Waals surface area contributed by atoms with Gasteiger partial charge < -0.3 is 29.8 Å². The van der Waals surface area contributed by atoms with Gasteiger partial charge in [0.1, 0.15) is 24.6 Å². The summed E-state index contributed by atoms with van der Waals surface area (Å²) in [6, 6.07) is 0. The summed E-state index contributed by atoms with van der Waals surface area (Å²) < 4.78 is 21.6. The van der Waals surface area contributed by atoms with E-state index in [-0.39, 0.29) is 46.6 Å². The molecule has 3 heterocycles. The maximum atomic E-state index is 10.7. The molecule has 127 valence electrons. The standard InChI is InChI=1S/C10H13N4O8P.Na/c15-6-4(1-21-23(18,19)20)22-10(7(6)16)14-3-13-5-8(14)11-2-12-9(5)17;/h2-4,6-7,10,15-16H,1H2,(H,11,12,17)(H2,18,19,20);/t4-,6-,7-,10-;/m1./s1. The average Bonchev–Trinajstić information content (AvgIpc) is 3.01. The smallest absolute Gasteiger partial charge is 0.469 e. The molecule has 2 aromatic rings. The molecule has 4 atom stereocenters. The molecule has 5 N–H and O–H groups in total. The second-order valence-electron chi connectivity index (χ2n) is 4.85. The topological polar surface area (TPSA) is 180 Å². The Morgan fingerprint density at radius 1 is 1.25 bits per heavy atom. The third-order valence-corrected chi connectivity index (χ3v) is 3.84. The molecule has 0 unspecified atom stereocenters. The average molecular weight is 371 g/mol. The maximum absolute atomic E-state index is 10.7. The van der Waals surface area contributed by atoms with Crippen LogP contribution in [0.2, 0.25) is 0 Å². The molecule has 0 aromatic carbocycles. The van der Waals surface area contributed by atoms with E-state index in [1.165, 1.54) is 10.9 Å². The number of aromatic nitrogens is 4. The van der Waals surface area contributed by atoms with E-state index in [0.29, 0.717) is 0 Å². The van der Waals surface area contributed by atoms with Crippen molar-refractivity contribution < 1.29 is 38.9 Å². The summed E-state index contributed by atoms with van der Waals surface area (Å²) in [6.45, 7) is -0.619. The first kappa shape index (κ1) is 19.7. The van der Waals surface area contributed by atoms with E-state index in [9.17, 15) is 19.9 Å². The van der Waals surface area contributed by atoms with Gasteiger partial charge in [0, 0.05) is 29.6 Å². The van der Waals surface area contributed by atoms with Crippen molar-refractivity contribution in [1.29, 1.82) is 0 Å². The Labute approximate surface area is 156 Å². The second kappa shape index (κ2) is 7.30. The fourth-order valence-corrected chi connectivity index (χ4v) is 2.63. The van der Waals surface area contributed by atoms with Crippen molar-refractivity contribution in [3.63, 3.8) is 0 Å². The third kappa shape index (κ3) is 3.78. The fraction of sp³-hybridized carbons (Fsp3) is 0.500.